The van der Waals surface area contributed by atoms with Gasteiger partial charge in [-0.25, -0.2) is 15.0 Å². The van der Waals surface area contributed by atoms with Gasteiger partial charge in [0.25, 0.3) is 0 Å². The van der Waals surface area contributed by atoms with Crippen LogP contribution in [0.4, 0.5) is 0 Å². The van der Waals surface area contributed by atoms with E-state index in [0.717, 1.165) is 77.6 Å². The highest BCUT2D eigenvalue weighted by molar-refractivity contribution is 6.24. The molecule has 0 saturated carbocycles. The molecule has 0 radical (unpaired) electrons. The first-order valence-electron chi connectivity index (χ1n) is 21.2. The van der Waals surface area contributed by atoms with Crippen molar-refractivity contribution in [3.05, 3.63) is 212 Å². The summed E-state index contributed by atoms with van der Waals surface area (Å²) in [6.45, 7) is 0. The highest BCUT2D eigenvalue weighted by Crippen LogP contribution is 2.45. The zero-order valence-electron chi connectivity index (χ0n) is 33.9. The number of furan rings is 1. The van der Waals surface area contributed by atoms with E-state index in [2.05, 4.69) is 149 Å². The van der Waals surface area contributed by atoms with Gasteiger partial charge in [-0.2, -0.15) is 0 Å². The molecule has 0 aliphatic carbocycles. The number of hydrogen-bond acceptors (Lipinski definition) is 4. The lowest BCUT2D eigenvalue weighted by atomic mass is 9.96. The molecule has 0 aliphatic heterocycles. The molecular formula is C57H35N5O. The number of rotatable bonds is 6. The molecule has 0 bridgehead atoms. The summed E-state index contributed by atoms with van der Waals surface area (Å²) in [5.74, 6) is 1.82. The van der Waals surface area contributed by atoms with E-state index < -0.39 is 0 Å². The predicted molar refractivity (Wildman–Crippen MR) is 258 cm³/mol. The van der Waals surface area contributed by atoms with Gasteiger partial charge in [0.2, 0.25) is 0 Å². The van der Waals surface area contributed by atoms with Crippen molar-refractivity contribution < 1.29 is 4.42 Å². The lowest BCUT2D eigenvalue weighted by molar-refractivity contribution is 0.670. The second-order valence-corrected chi connectivity index (χ2v) is 16.0. The molecule has 9 aromatic carbocycles. The normalized spacial score (nSPS) is 11.8. The summed E-state index contributed by atoms with van der Waals surface area (Å²) in [6.07, 6.45) is 0. The third-order valence-corrected chi connectivity index (χ3v) is 12.4. The topological polar surface area (TPSA) is 61.7 Å². The molecule has 4 heterocycles. The molecule has 0 N–H and O–H groups in total. The van der Waals surface area contributed by atoms with Gasteiger partial charge in [0.05, 0.1) is 22.1 Å². The molecule has 4 aromatic heterocycles. The van der Waals surface area contributed by atoms with Gasteiger partial charge in [-0.15, -0.1) is 0 Å². The van der Waals surface area contributed by atoms with Gasteiger partial charge < -0.3 is 13.6 Å². The largest absolute Gasteiger partial charge is 0.455 e. The fraction of sp³-hybridized carbons (Fsp3) is 0. The third kappa shape index (κ3) is 5.48. The Hall–Kier alpha value is -8.61. The van der Waals surface area contributed by atoms with E-state index in [1.807, 2.05) is 72.8 Å². The number of benzene rings is 9. The van der Waals surface area contributed by atoms with Crippen LogP contribution in [0.15, 0.2) is 217 Å². The Morgan fingerprint density at radius 3 is 1.46 bits per heavy atom. The zero-order chi connectivity index (χ0) is 41.4. The molecule has 0 aliphatic rings. The maximum Gasteiger partial charge on any atom is 0.164 e. The van der Waals surface area contributed by atoms with Gasteiger partial charge in [0, 0.05) is 65.9 Å². The quantitative estimate of drug-likeness (QED) is 0.168. The van der Waals surface area contributed by atoms with Crippen LogP contribution in [-0.4, -0.2) is 24.1 Å². The molecule has 6 nitrogen and oxygen atoms in total. The fourth-order valence-corrected chi connectivity index (χ4v) is 9.58. The van der Waals surface area contributed by atoms with E-state index >= 15 is 0 Å². The second-order valence-electron chi connectivity index (χ2n) is 16.0. The van der Waals surface area contributed by atoms with Crippen molar-refractivity contribution in [2.24, 2.45) is 0 Å². The molecule has 0 spiro atoms. The van der Waals surface area contributed by atoms with Gasteiger partial charge in [-0.3, -0.25) is 0 Å². The SMILES string of the molecule is c1ccc(-c2nc(-c3ccccc3)nc(-c3ccc(-c4ccc5c(c4)c4ccc6c7ccccc7n(-c7ccccc7)c6c4n5-c4ccccc4)c4oc5ccccc5c34)n2)cc1. The van der Waals surface area contributed by atoms with E-state index in [1.165, 1.54) is 27.2 Å². The molecule has 0 unspecified atom stereocenters. The molecule has 0 atom stereocenters. The number of nitrogens with zero attached hydrogens (tertiary/aromatic N) is 5. The molecule has 0 fully saturated rings. The highest BCUT2D eigenvalue weighted by Gasteiger charge is 2.24. The van der Waals surface area contributed by atoms with Crippen molar-refractivity contribution in [1.82, 2.24) is 24.1 Å². The van der Waals surface area contributed by atoms with Gasteiger partial charge in [-0.05, 0) is 66.2 Å². The first-order chi connectivity index (χ1) is 31.3. The van der Waals surface area contributed by atoms with Crippen molar-refractivity contribution in [2.75, 3.05) is 0 Å². The van der Waals surface area contributed by atoms with Crippen LogP contribution >= 0.6 is 0 Å². The van der Waals surface area contributed by atoms with Crippen LogP contribution in [0.5, 0.6) is 0 Å². The van der Waals surface area contributed by atoms with Crippen LogP contribution in [0.1, 0.15) is 0 Å². The molecule has 0 amide bonds. The summed E-state index contributed by atoms with van der Waals surface area (Å²) in [5, 5.41) is 6.74. The Balaban J connectivity index is 1.08. The highest BCUT2D eigenvalue weighted by atomic mass is 16.3. The average molecular weight is 806 g/mol. The fourth-order valence-electron chi connectivity index (χ4n) is 9.58. The monoisotopic (exact) mass is 805 g/mol. The Bertz CT molecular complexity index is 3830. The summed E-state index contributed by atoms with van der Waals surface area (Å²) in [5.41, 5.74) is 13.2. The standard InChI is InChI=1S/C57H35N5O/c1-5-17-36(18-6-1)55-58-56(37-19-7-2-8-20-37)60-57(59-55)46-33-30-41(54-51(46)45-26-14-16-28-50(45)63-54)38-29-34-49-47(35-38)44-32-31-43-42-25-13-15-27-48(42)61(39-21-9-3-10-22-39)52(43)53(44)62(49)40-23-11-4-12-24-40/h1-35H. The van der Waals surface area contributed by atoms with Crippen LogP contribution in [-0.2, 0) is 0 Å². The lowest BCUT2D eigenvalue weighted by Crippen LogP contribution is -2.00. The maximum atomic E-state index is 6.88. The number of para-hydroxylation sites is 4. The summed E-state index contributed by atoms with van der Waals surface area (Å²) in [6, 6.07) is 74.4. The van der Waals surface area contributed by atoms with Crippen molar-refractivity contribution in [2.45, 2.75) is 0 Å². The molecule has 0 saturated heterocycles. The molecule has 13 aromatic rings. The van der Waals surface area contributed by atoms with E-state index in [0.29, 0.717) is 17.5 Å². The summed E-state index contributed by atoms with van der Waals surface area (Å²) < 4.78 is 11.7. The van der Waals surface area contributed by atoms with Crippen molar-refractivity contribution in [1.29, 1.82) is 0 Å². The van der Waals surface area contributed by atoms with E-state index in [-0.39, 0.29) is 0 Å². The molecule has 63 heavy (non-hydrogen) atoms. The molecule has 294 valence electrons. The Kier molecular flexibility index (Phi) is 7.80. The van der Waals surface area contributed by atoms with E-state index in [1.54, 1.807) is 0 Å². The Morgan fingerprint density at radius 2 is 0.825 bits per heavy atom. The minimum atomic E-state index is 0.588. The Labute approximate surface area is 361 Å². The second kappa shape index (κ2) is 14.0. The maximum absolute atomic E-state index is 6.88. The smallest absolute Gasteiger partial charge is 0.164 e. The van der Waals surface area contributed by atoms with Crippen LogP contribution < -0.4 is 0 Å². The molecular weight excluding hydrogens is 771 g/mol. The van der Waals surface area contributed by atoms with Crippen molar-refractivity contribution in [3.8, 4) is 56.7 Å². The minimum Gasteiger partial charge on any atom is -0.455 e. The number of aromatic nitrogens is 5. The zero-order valence-corrected chi connectivity index (χ0v) is 33.9. The van der Waals surface area contributed by atoms with E-state index in [9.17, 15) is 0 Å². The average Bonchev–Trinajstić information content (AvgIpc) is 4.03. The summed E-state index contributed by atoms with van der Waals surface area (Å²) in [7, 11) is 0. The predicted octanol–water partition coefficient (Wildman–Crippen LogP) is 14.6. The van der Waals surface area contributed by atoms with Crippen molar-refractivity contribution >= 4 is 65.6 Å². The van der Waals surface area contributed by atoms with Gasteiger partial charge in [0.1, 0.15) is 11.2 Å². The Morgan fingerprint density at radius 1 is 0.333 bits per heavy atom. The van der Waals surface area contributed by atoms with Gasteiger partial charge in [0.15, 0.2) is 17.5 Å². The minimum absolute atomic E-state index is 0.588. The number of hydrogen-bond donors (Lipinski definition) is 0. The molecule has 13 rings (SSSR count). The summed E-state index contributed by atoms with van der Waals surface area (Å²) >= 11 is 0. The van der Waals surface area contributed by atoms with Crippen molar-refractivity contribution in [3.63, 3.8) is 0 Å². The van der Waals surface area contributed by atoms with Crippen LogP contribution in [0.3, 0.4) is 0 Å². The van der Waals surface area contributed by atoms with E-state index in [4.69, 9.17) is 19.4 Å². The lowest BCUT2D eigenvalue weighted by Gasteiger charge is -2.12. The first kappa shape index (κ1) is 35.2. The van der Waals surface area contributed by atoms with Crippen LogP contribution in [0.25, 0.3) is 122 Å². The first-order valence-corrected chi connectivity index (χ1v) is 21.2. The number of fused-ring (bicyclic) bond motifs is 10. The third-order valence-electron chi connectivity index (χ3n) is 12.4. The van der Waals surface area contributed by atoms with Gasteiger partial charge >= 0.3 is 0 Å². The summed E-state index contributed by atoms with van der Waals surface area (Å²) in [4.78, 5) is 15.3. The van der Waals surface area contributed by atoms with Gasteiger partial charge in [-0.1, -0.05) is 152 Å². The van der Waals surface area contributed by atoms with Crippen LogP contribution in [0, 0.1) is 0 Å². The van der Waals surface area contributed by atoms with Crippen LogP contribution in [0.2, 0.25) is 0 Å². The molecule has 6 heteroatoms.